The first-order valence-corrected chi connectivity index (χ1v) is 15.7. The number of carbonyl (C=O) groups is 2. The van der Waals surface area contributed by atoms with Crippen LogP contribution in [0, 0.1) is 0 Å². The van der Waals surface area contributed by atoms with Crippen LogP contribution in [0.2, 0.25) is 5.02 Å². The van der Waals surface area contributed by atoms with Crippen LogP contribution < -0.4 is 19.1 Å². The zero-order valence-corrected chi connectivity index (χ0v) is 26.4. The third kappa shape index (κ3) is 5.00. The number of carbonyl (C=O) groups excluding carboxylic acids is 2. The van der Waals surface area contributed by atoms with Crippen LogP contribution in [0.5, 0.6) is 11.5 Å². The molecule has 0 bridgehead atoms. The lowest BCUT2D eigenvalue weighted by Crippen LogP contribution is -2.69. The van der Waals surface area contributed by atoms with E-state index in [1.807, 2.05) is 0 Å². The summed E-state index contributed by atoms with van der Waals surface area (Å²) in [6.45, 7) is 3.68. The molecule has 0 spiro atoms. The lowest BCUT2D eigenvalue weighted by molar-refractivity contribution is -0.953. The molecule has 244 valence electrons. The second-order valence-corrected chi connectivity index (χ2v) is 13.3. The number of aliphatic hydroxyl groups excluding tert-OH is 1. The number of likely N-dealkylation sites (tertiary alicyclic amines) is 1. The van der Waals surface area contributed by atoms with Gasteiger partial charge in [0.05, 0.1) is 25.4 Å². The molecule has 0 saturated carbocycles. The number of nitrogens with zero attached hydrogens (tertiary/aromatic N) is 2. The predicted octanol–water partition coefficient (Wildman–Crippen LogP) is 4.20. The largest absolute Gasteiger partial charge is 0.573 e. The van der Waals surface area contributed by atoms with Crippen LogP contribution in [0.1, 0.15) is 23.1 Å². The Morgan fingerprint density at radius 1 is 1.17 bits per heavy atom. The number of halogens is 4. The van der Waals surface area contributed by atoms with Crippen molar-refractivity contribution in [2.45, 2.75) is 35.4 Å². The number of alkyl halides is 3. The number of anilines is 1. The van der Waals surface area contributed by atoms with E-state index in [1.165, 1.54) is 38.4 Å². The van der Waals surface area contributed by atoms with Crippen molar-refractivity contribution in [3.63, 3.8) is 0 Å². The van der Waals surface area contributed by atoms with Crippen LogP contribution in [0.15, 0.2) is 72.1 Å². The molecule has 2 aliphatic rings. The second-order valence-electron chi connectivity index (χ2n) is 11.1. The van der Waals surface area contributed by atoms with Crippen molar-refractivity contribution in [1.29, 1.82) is 0 Å². The van der Waals surface area contributed by atoms with Gasteiger partial charge >= 0.3 is 12.3 Å². The van der Waals surface area contributed by atoms with Crippen molar-refractivity contribution >= 4 is 45.2 Å². The molecular weight excluding hydrogens is 651 g/mol. The van der Waals surface area contributed by atoms with E-state index < -0.39 is 61.0 Å². The summed E-state index contributed by atoms with van der Waals surface area (Å²) in [5, 5.41) is 13.7. The summed E-state index contributed by atoms with van der Waals surface area (Å²) < 4.78 is 78.7. The average molecular weight is 681 g/mol. The van der Waals surface area contributed by atoms with Crippen molar-refractivity contribution in [2.24, 2.45) is 0 Å². The van der Waals surface area contributed by atoms with Crippen LogP contribution in [-0.2, 0) is 25.2 Å². The summed E-state index contributed by atoms with van der Waals surface area (Å²) in [7, 11) is -1.07. The molecule has 46 heavy (non-hydrogen) atoms. The Balaban J connectivity index is 1.90. The summed E-state index contributed by atoms with van der Waals surface area (Å²) >= 11 is 6.48. The van der Waals surface area contributed by atoms with Crippen molar-refractivity contribution in [3.8, 4) is 11.5 Å². The number of ether oxygens (including phenoxy) is 2. The number of aliphatic hydroxyl groups is 1. The highest BCUT2D eigenvalue weighted by molar-refractivity contribution is 7.93. The lowest BCUT2D eigenvalue weighted by atomic mass is 9.77. The Hall–Kier alpha value is -4.11. The zero-order chi connectivity index (χ0) is 33.8. The van der Waals surface area contributed by atoms with E-state index in [1.54, 1.807) is 31.3 Å². The van der Waals surface area contributed by atoms with E-state index in [2.05, 4.69) is 16.6 Å². The van der Waals surface area contributed by atoms with Gasteiger partial charge in [-0.2, -0.15) is 4.31 Å². The molecule has 0 radical (unpaired) electrons. The molecule has 4 atom stereocenters. The lowest BCUT2D eigenvalue weighted by Gasteiger charge is -2.49. The smallest absolute Gasteiger partial charge is 0.497 e. The van der Waals surface area contributed by atoms with Gasteiger partial charge in [-0.3, -0.25) is 14.1 Å². The van der Waals surface area contributed by atoms with Crippen LogP contribution in [0.25, 0.3) is 6.08 Å². The summed E-state index contributed by atoms with van der Waals surface area (Å²) in [6, 6.07) is 12.1. The molecule has 2 heterocycles. The molecule has 3 aromatic rings. The number of hydrogen-bond acceptors (Lipinski definition) is 7. The highest BCUT2D eigenvalue weighted by atomic mass is 35.5. The van der Waals surface area contributed by atoms with E-state index >= 15 is 4.79 Å². The maximum absolute atomic E-state index is 15.3. The van der Waals surface area contributed by atoms with Gasteiger partial charge in [0, 0.05) is 30.1 Å². The van der Waals surface area contributed by atoms with Gasteiger partial charge in [-0.1, -0.05) is 48.5 Å². The van der Waals surface area contributed by atoms with Gasteiger partial charge in [-0.05, 0) is 35.9 Å². The Bertz CT molecular complexity index is 1850. The fourth-order valence-electron chi connectivity index (χ4n) is 6.78. The first kappa shape index (κ1) is 33.3. The summed E-state index contributed by atoms with van der Waals surface area (Å²) in [5.74, 6) is -2.90. The highest BCUT2D eigenvalue weighted by Gasteiger charge is 2.71. The fraction of sp³-hybridized carbons (Fsp3) is 0.290. The molecule has 2 amide bonds. The standard InChI is InChI=1S/C31H29ClF3N3O7S/c1-5-18-8-6-7-9-22(18)30(38(3)17-20(39)15-25(38)28(40)36-2)23-14-19(32)10-12-24(23)37(29(30)41)46(42,43)27-13-11-21(44-4)16-26(27)45-31(33,34)35/h5-14,16,20,25,39H,1,15,17H2,2-4H3/p+1/t20-,25+,30?,38?/m1/s1. The van der Waals surface area contributed by atoms with Gasteiger partial charge in [0.25, 0.3) is 15.9 Å². The first-order valence-electron chi connectivity index (χ1n) is 13.9. The molecule has 1 saturated heterocycles. The van der Waals surface area contributed by atoms with Crippen LogP contribution in [0.3, 0.4) is 0 Å². The monoisotopic (exact) mass is 680 g/mol. The molecule has 3 aromatic carbocycles. The summed E-state index contributed by atoms with van der Waals surface area (Å²) in [6.07, 6.45) is -5.01. The van der Waals surface area contributed by atoms with E-state index in [9.17, 15) is 31.5 Å². The molecule has 5 rings (SSSR count). The SMILES string of the molecule is C=Cc1ccccc1C1([N+]2(C)C[C@H](O)C[C@H]2C(=O)NC)C(=O)N(S(=O)(=O)c2ccc(OC)cc2OC(F)(F)F)c2ccc(Cl)cc21. The molecule has 2 N–H and O–H groups in total. The van der Waals surface area contributed by atoms with Gasteiger partial charge in [0.2, 0.25) is 5.54 Å². The van der Waals surface area contributed by atoms with Crippen molar-refractivity contribution in [1.82, 2.24) is 5.32 Å². The van der Waals surface area contributed by atoms with Crippen molar-refractivity contribution in [3.05, 3.63) is 89.0 Å². The third-order valence-corrected chi connectivity index (χ3v) is 10.6. The minimum Gasteiger partial charge on any atom is -0.497 e. The molecule has 10 nitrogen and oxygen atoms in total. The number of methoxy groups -OCH3 is 1. The Morgan fingerprint density at radius 3 is 2.50 bits per heavy atom. The number of sulfonamides is 1. The van der Waals surface area contributed by atoms with Crippen LogP contribution >= 0.6 is 11.6 Å². The number of likely N-dealkylation sites (N-methyl/N-ethyl adjacent to an activating group) is 2. The topological polar surface area (TPSA) is 122 Å². The minimum absolute atomic E-state index is 0.0557. The number of hydrogen-bond donors (Lipinski definition) is 2. The van der Waals surface area contributed by atoms with E-state index in [0.29, 0.717) is 9.87 Å². The average Bonchev–Trinajstić information content (AvgIpc) is 3.46. The number of quaternary nitrogens is 1. The van der Waals surface area contributed by atoms with E-state index in [4.69, 9.17) is 16.3 Å². The van der Waals surface area contributed by atoms with Gasteiger partial charge in [-0.25, -0.2) is 8.42 Å². The van der Waals surface area contributed by atoms with Crippen molar-refractivity contribution in [2.75, 3.05) is 32.1 Å². The number of fused-ring (bicyclic) bond motifs is 1. The minimum atomic E-state index is -5.30. The van der Waals surface area contributed by atoms with Crippen LogP contribution in [0.4, 0.5) is 18.9 Å². The summed E-state index contributed by atoms with van der Waals surface area (Å²) in [4.78, 5) is 27.8. The van der Waals surface area contributed by atoms with Gasteiger partial charge in [0.15, 0.2) is 11.8 Å². The first-order chi connectivity index (χ1) is 21.6. The highest BCUT2D eigenvalue weighted by Crippen LogP contribution is 2.57. The third-order valence-electron chi connectivity index (χ3n) is 8.62. The quantitative estimate of drug-likeness (QED) is 0.342. The predicted molar refractivity (Wildman–Crippen MR) is 163 cm³/mol. The van der Waals surface area contributed by atoms with Crippen molar-refractivity contribution < 1.29 is 50.2 Å². The number of benzene rings is 3. The molecular formula is C31H30ClF3N3O7S+. The second kappa shape index (κ2) is 11.6. The molecule has 2 unspecified atom stereocenters. The van der Waals surface area contributed by atoms with E-state index in [0.717, 1.165) is 18.2 Å². The Kier molecular flexibility index (Phi) is 8.39. The normalized spacial score (nSPS) is 24.4. The molecule has 0 aromatic heterocycles. The van der Waals surface area contributed by atoms with E-state index in [-0.39, 0.29) is 40.6 Å². The fourth-order valence-corrected chi connectivity index (χ4v) is 8.52. The Labute approximate surface area is 268 Å². The Morgan fingerprint density at radius 2 is 1.87 bits per heavy atom. The number of amides is 2. The van der Waals surface area contributed by atoms with Gasteiger partial charge in [0.1, 0.15) is 23.3 Å². The molecule has 0 aliphatic carbocycles. The number of nitrogens with one attached hydrogen (secondary N) is 1. The number of rotatable bonds is 8. The van der Waals surface area contributed by atoms with Gasteiger partial charge in [-0.15, -0.1) is 13.2 Å². The van der Waals surface area contributed by atoms with Crippen LogP contribution in [-0.4, -0.2) is 76.1 Å². The maximum atomic E-state index is 15.3. The molecule has 15 heteroatoms. The summed E-state index contributed by atoms with van der Waals surface area (Å²) in [5.41, 5.74) is -1.59. The zero-order valence-electron chi connectivity index (χ0n) is 24.8. The van der Waals surface area contributed by atoms with Gasteiger partial charge < -0.3 is 19.9 Å². The maximum Gasteiger partial charge on any atom is 0.573 e. The molecule has 2 aliphatic heterocycles. The molecule has 1 fully saturated rings.